The summed E-state index contributed by atoms with van der Waals surface area (Å²) in [6.45, 7) is 1.83. The van der Waals surface area contributed by atoms with Crippen LogP contribution in [0.3, 0.4) is 0 Å². The van der Waals surface area contributed by atoms with Gasteiger partial charge in [-0.2, -0.15) is 13.2 Å². The third-order valence-corrected chi connectivity index (χ3v) is 3.77. The molecule has 0 saturated heterocycles. The zero-order valence-electron chi connectivity index (χ0n) is 14.5. The second kappa shape index (κ2) is 8.68. The van der Waals surface area contributed by atoms with Crippen LogP contribution in [0.2, 0.25) is 0 Å². The lowest BCUT2D eigenvalue weighted by Crippen LogP contribution is -2.34. The largest absolute Gasteiger partial charge is 0.465 e. The van der Waals surface area contributed by atoms with Crippen molar-refractivity contribution in [1.29, 1.82) is 0 Å². The number of hydrogen-bond acceptors (Lipinski definition) is 4. The standard InChI is InChI=1S/C19H19F3N2O3/c1-2-27-18(26)15(23)11-12-7-3-6-10-16(12)24-17(25)13-8-4-5-9-14(13)19(20,21)22/h3-10,15H,2,11,23H2,1H3,(H,24,25)/t15-/m0/s1. The highest BCUT2D eigenvalue weighted by atomic mass is 19.4. The summed E-state index contributed by atoms with van der Waals surface area (Å²) in [5.74, 6) is -1.50. The van der Waals surface area contributed by atoms with Gasteiger partial charge in [-0.3, -0.25) is 9.59 Å². The molecule has 0 fully saturated rings. The molecule has 0 unspecified atom stereocenters. The molecule has 0 aromatic heterocycles. The molecule has 1 atom stereocenters. The monoisotopic (exact) mass is 380 g/mol. The van der Waals surface area contributed by atoms with E-state index in [1.165, 1.54) is 18.2 Å². The van der Waals surface area contributed by atoms with Crippen molar-refractivity contribution in [2.45, 2.75) is 25.6 Å². The predicted octanol–water partition coefficient (Wildman–Crippen LogP) is 3.39. The number of rotatable bonds is 6. The van der Waals surface area contributed by atoms with E-state index in [1.54, 1.807) is 25.1 Å². The Morgan fingerprint density at radius 3 is 2.41 bits per heavy atom. The van der Waals surface area contributed by atoms with Gasteiger partial charge in [0.2, 0.25) is 0 Å². The minimum absolute atomic E-state index is 0.0657. The Morgan fingerprint density at radius 2 is 1.74 bits per heavy atom. The normalized spacial score (nSPS) is 12.3. The Morgan fingerprint density at radius 1 is 1.11 bits per heavy atom. The van der Waals surface area contributed by atoms with E-state index in [4.69, 9.17) is 10.5 Å². The summed E-state index contributed by atoms with van der Waals surface area (Å²) >= 11 is 0. The van der Waals surface area contributed by atoms with Gasteiger partial charge >= 0.3 is 12.1 Å². The van der Waals surface area contributed by atoms with Gasteiger partial charge in [-0.25, -0.2) is 0 Å². The van der Waals surface area contributed by atoms with Gasteiger partial charge in [0.25, 0.3) is 5.91 Å². The summed E-state index contributed by atoms with van der Waals surface area (Å²) < 4.78 is 44.2. The molecule has 5 nitrogen and oxygen atoms in total. The zero-order chi connectivity index (χ0) is 20.0. The van der Waals surface area contributed by atoms with Crippen LogP contribution in [0.15, 0.2) is 48.5 Å². The van der Waals surface area contributed by atoms with E-state index in [2.05, 4.69) is 5.32 Å². The van der Waals surface area contributed by atoms with Crippen molar-refractivity contribution in [2.24, 2.45) is 5.73 Å². The van der Waals surface area contributed by atoms with Crippen LogP contribution in [0.1, 0.15) is 28.4 Å². The van der Waals surface area contributed by atoms with Crippen LogP contribution < -0.4 is 11.1 Å². The Hall–Kier alpha value is -2.87. The van der Waals surface area contributed by atoms with Crippen molar-refractivity contribution >= 4 is 17.6 Å². The van der Waals surface area contributed by atoms with Gasteiger partial charge in [0.05, 0.1) is 17.7 Å². The number of carbonyl (C=O) groups excluding carboxylic acids is 2. The van der Waals surface area contributed by atoms with E-state index in [9.17, 15) is 22.8 Å². The fourth-order valence-corrected chi connectivity index (χ4v) is 2.51. The first-order valence-corrected chi connectivity index (χ1v) is 8.21. The van der Waals surface area contributed by atoms with Gasteiger partial charge in [0, 0.05) is 12.1 Å². The van der Waals surface area contributed by atoms with Crippen molar-refractivity contribution in [2.75, 3.05) is 11.9 Å². The fourth-order valence-electron chi connectivity index (χ4n) is 2.51. The number of carbonyl (C=O) groups is 2. The number of nitrogens with two attached hydrogens (primary N) is 1. The van der Waals surface area contributed by atoms with Crippen molar-refractivity contribution < 1.29 is 27.5 Å². The molecule has 1 amide bonds. The van der Waals surface area contributed by atoms with Gasteiger partial charge in [0.15, 0.2) is 0 Å². The number of alkyl halides is 3. The number of benzene rings is 2. The topological polar surface area (TPSA) is 81.4 Å². The number of halogens is 3. The summed E-state index contributed by atoms with van der Waals surface area (Å²) in [5, 5.41) is 2.47. The number of anilines is 1. The van der Waals surface area contributed by atoms with Crippen LogP contribution >= 0.6 is 0 Å². The number of para-hydroxylation sites is 1. The van der Waals surface area contributed by atoms with Crippen LogP contribution in [0, 0.1) is 0 Å². The van der Waals surface area contributed by atoms with Crippen LogP contribution in [0.25, 0.3) is 0 Å². The van der Waals surface area contributed by atoms with Gasteiger partial charge in [-0.05, 0) is 30.7 Å². The van der Waals surface area contributed by atoms with Crippen molar-refractivity contribution in [3.63, 3.8) is 0 Å². The van der Waals surface area contributed by atoms with E-state index in [-0.39, 0.29) is 18.7 Å². The SMILES string of the molecule is CCOC(=O)[C@@H](N)Cc1ccccc1NC(=O)c1ccccc1C(F)(F)F. The lowest BCUT2D eigenvalue weighted by atomic mass is 10.0. The van der Waals surface area contributed by atoms with E-state index in [1.807, 2.05) is 0 Å². The van der Waals surface area contributed by atoms with Crippen LogP contribution in [0.4, 0.5) is 18.9 Å². The molecule has 144 valence electrons. The van der Waals surface area contributed by atoms with E-state index in [0.717, 1.165) is 12.1 Å². The number of nitrogens with one attached hydrogen (secondary N) is 1. The second-order valence-corrected chi connectivity index (χ2v) is 5.72. The lowest BCUT2D eigenvalue weighted by Gasteiger charge is -2.16. The Bertz CT molecular complexity index is 822. The highest BCUT2D eigenvalue weighted by Crippen LogP contribution is 2.32. The summed E-state index contributed by atoms with van der Waals surface area (Å²) in [5.41, 5.74) is 5.06. The maximum Gasteiger partial charge on any atom is 0.417 e. The first kappa shape index (κ1) is 20.4. The molecule has 2 rings (SSSR count). The highest BCUT2D eigenvalue weighted by molar-refractivity contribution is 6.05. The quantitative estimate of drug-likeness (QED) is 0.753. The molecule has 0 spiro atoms. The Balaban J connectivity index is 2.24. The molecular weight excluding hydrogens is 361 g/mol. The molecule has 0 aliphatic heterocycles. The summed E-state index contributed by atoms with van der Waals surface area (Å²) in [6, 6.07) is 10.0. The fraction of sp³-hybridized carbons (Fsp3) is 0.263. The van der Waals surface area contributed by atoms with Gasteiger partial charge < -0.3 is 15.8 Å². The molecule has 0 aliphatic carbocycles. The van der Waals surface area contributed by atoms with Gasteiger partial charge in [-0.15, -0.1) is 0 Å². The summed E-state index contributed by atoms with van der Waals surface area (Å²) in [7, 11) is 0. The average Bonchev–Trinajstić information content (AvgIpc) is 2.62. The van der Waals surface area contributed by atoms with Crippen molar-refractivity contribution in [1.82, 2.24) is 0 Å². The molecule has 0 saturated carbocycles. The number of ether oxygens (including phenoxy) is 1. The minimum Gasteiger partial charge on any atom is -0.465 e. The van der Waals surface area contributed by atoms with E-state index < -0.39 is 35.2 Å². The smallest absolute Gasteiger partial charge is 0.417 e. The zero-order valence-corrected chi connectivity index (χ0v) is 14.5. The first-order chi connectivity index (χ1) is 12.7. The predicted molar refractivity (Wildman–Crippen MR) is 94.2 cm³/mol. The molecule has 2 aromatic rings. The molecule has 2 aromatic carbocycles. The maximum absolute atomic E-state index is 13.1. The van der Waals surface area contributed by atoms with Gasteiger partial charge in [0.1, 0.15) is 6.04 Å². The van der Waals surface area contributed by atoms with Crippen LogP contribution in [-0.2, 0) is 22.1 Å². The molecular formula is C19H19F3N2O3. The maximum atomic E-state index is 13.1. The number of amides is 1. The molecule has 3 N–H and O–H groups in total. The highest BCUT2D eigenvalue weighted by Gasteiger charge is 2.35. The number of hydrogen-bond donors (Lipinski definition) is 2. The molecule has 8 heteroatoms. The summed E-state index contributed by atoms with van der Waals surface area (Å²) in [4.78, 5) is 24.1. The van der Waals surface area contributed by atoms with Gasteiger partial charge in [-0.1, -0.05) is 30.3 Å². The third kappa shape index (κ3) is 5.30. The third-order valence-electron chi connectivity index (χ3n) is 3.77. The van der Waals surface area contributed by atoms with Crippen molar-refractivity contribution in [3.05, 3.63) is 65.2 Å². The van der Waals surface area contributed by atoms with Crippen LogP contribution in [0.5, 0.6) is 0 Å². The lowest BCUT2D eigenvalue weighted by molar-refractivity contribution is -0.144. The molecule has 27 heavy (non-hydrogen) atoms. The van der Waals surface area contributed by atoms with Crippen LogP contribution in [-0.4, -0.2) is 24.5 Å². The Kier molecular flexibility index (Phi) is 6.57. The number of esters is 1. The van der Waals surface area contributed by atoms with Crippen molar-refractivity contribution in [3.8, 4) is 0 Å². The first-order valence-electron chi connectivity index (χ1n) is 8.21. The Labute approximate surface area is 154 Å². The summed E-state index contributed by atoms with van der Waals surface area (Å²) in [6.07, 6.45) is -4.59. The molecule has 0 radical (unpaired) electrons. The average molecular weight is 380 g/mol. The van der Waals surface area contributed by atoms with E-state index in [0.29, 0.717) is 5.56 Å². The minimum atomic E-state index is -4.65. The molecule has 0 aliphatic rings. The molecule has 0 bridgehead atoms. The second-order valence-electron chi connectivity index (χ2n) is 5.72. The van der Waals surface area contributed by atoms with E-state index >= 15 is 0 Å². The molecule has 0 heterocycles.